The third-order valence-corrected chi connectivity index (χ3v) is 4.18. The number of aliphatic carboxylic acids is 1. The number of hydrogen-bond donors (Lipinski definition) is 2. The lowest BCUT2D eigenvalue weighted by Crippen LogP contribution is -2.44. The normalized spacial score (nSPS) is 23.2. The van der Waals surface area contributed by atoms with E-state index in [-0.39, 0.29) is 0 Å². The van der Waals surface area contributed by atoms with E-state index in [1.165, 1.54) is 25.7 Å². The topological polar surface area (TPSA) is 52.6 Å². The molecule has 4 heteroatoms. The molecule has 2 N–H and O–H groups in total. The molecule has 2 aliphatic rings. The van der Waals surface area contributed by atoms with Gasteiger partial charge in [-0.1, -0.05) is 0 Å². The highest BCUT2D eigenvalue weighted by Crippen LogP contribution is 2.24. The van der Waals surface area contributed by atoms with Crippen LogP contribution in [-0.4, -0.2) is 48.2 Å². The van der Waals surface area contributed by atoms with Crippen LogP contribution >= 0.6 is 0 Å². The van der Waals surface area contributed by atoms with Gasteiger partial charge in [-0.05, 0) is 65.1 Å². The van der Waals surface area contributed by atoms with E-state index in [4.69, 9.17) is 5.11 Å². The Labute approximate surface area is 110 Å². The Hall–Kier alpha value is -0.610. The van der Waals surface area contributed by atoms with Crippen molar-refractivity contribution < 1.29 is 9.90 Å². The van der Waals surface area contributed by atoms with E-state index in [1.54, 1.807) is 0 Å². The molecule has 0 unspecified atom stereocenters. The van der Waals surface area contributed by atoms with E-state index in [0.29, 0.717) is 6.54 Å². The van der Waals surface area contributed by atoms with Crippen LogP contribution in [0.25, 0.3) is 0 Å². The van der Waals surface area contributed by atoms with E-state index in [9.17, 15) is 4.79 Å². The molecule has 0 aromatic rings. The Bertz CT molecular complexity index is 292. The number of nitrogens with zero attached hydrogens (tertiary/aromatic N) is 1. The third kappa shape index (κ3) is 3.95. The summed E-state index contributed by atoms with van der Waals surface area (Å²) in [5.74, 6) is 0.0924. The largest absolute Gasteiger partial charge is 0.481 e. The predicted octanol–water partition coefficient (Wildman–Crippen LogP) is 1.56. The van der Waals surface area contributed by atoms with E-state index < -0.39 is 11.4 Å². The van der Waals surface area contributed by atoms with Gasteiger partial charge in [0, 0.05) is 12.6 Å². The zero-order chi connectivity index (χ0) is 13.2. The van der Waals surface area contributed by atoms with Crippen LogP contribution in [0.15, 0.2) is 0 Å². The van der Waals surface area contributed by atoms with Crippen LogP contribution < -0.4 is 5.32 Å². The molecule has 0 radical (unpaired) electrons. The molecule has 0 atom stereocenters. The van der Waals surface area contributed by atoms with E-state index >= 15 is 0 Å². The number of carboxylic acids is 1. The Morgan fingerprint density at radius 2 is 1.89 bits per heavy atom. The monoisotopic (exact) mass is 254 g/mol. The molecule has 18 heavy (non-hydrogen) atoms. The molecule has 0 aromatic carbocycles. The van der Waals surface area contributed by atoms with Crippen LogP contribution in [0.4, 0.5) is 0 Å². The van der Waals surface area contributed by atoms with Crippen molar-refractivity contribution in [1.82, 2.24) is 10.2 Å². The standard InChI is InChI=1S/C14H26N2O2/c1-14(2,13(17)18)10-16-7-5-11(6-8-16)9-15-12-3-4-12/h11-12,15H,3-10H2,1-2H3,(H,17,18). The first-order valence-corrected chi connectivity index (χ1v) is 7.16. The van der Waals surface area contributed by atoms with Gasteiger partial charge in [0.2, 0.25) is 0 Å². The number of nitrogens with one attached hydrogen (secondary N) is 1. The lowest BCUT2D eigenvalue weighted by atomic mass is 9.90. The molecule has 1 heterocycles. The zero-order valence-electron chi connectivity index (χ0n) is 11.6. The summed E-state index contributed by atoms with van der Waals surface area (Å²) in [6.45, 7) is 7.56. The van der Waals surface area contributed by atoms with Crippen LogP contribution in [-0.2, 0) is 4.79 Å². The molecule has 2 rings (SSSR count). The number of likely N-dealkylation sites (tertiary alicyclic amines) is 1. The summed E-state index contributed by atoms with van der Waals surface area (Å²) in [6.07, 6.45) is 5.11. The van der Waals surface area contributed by atoms with Crippen LogP contribution in [0.3, 0.4) is 0 Å². The molecule has 1 saturated heterocycles. The molecule has 4 nitrogen and oxygen atoms in total. The quantitative estimate of drug-likeness (QED) is 0.755. The van der Waals surface area contributed by atoms with Gasteiger partial charge >= 0.3 is 5.97 Å². The van der Waals surface area contributed by atoms with Crippen LogP contribution in [0, 0.1) is 11.3 Å². The van der Waals surface area contributed by atoms with Gasteiger partial charge in [-0.2, -0.15) is 0 Å². The average Bonchev–Trinajstić information content (AvgIpc) is 3.11. The Kier molecular flexibility index (Phi) is 4.28. The first-order chi connectivity index (χ1) is 8.47. The maximum atomic E-state index is 11.1. The fraction of sp³-hybridized carbons (Fsp3) is 0.929. The molecule has 0 amide bonds. The summed E-state index contributed by atoms with van der Waals surface area (Å²) in [5.41, 5.74) is -0.626. The number of rotatable bonds is 6. The van der Waals surface area contributed by atoms with Gasteiger partial charge in [-0.15, -0.1) is 0 Å². The molecule has 0 bridgehead atoms. The van der Waals surface area contributed by atoms with E-state index in [0.717, 1.165) is 31.6 Å². The second kappa shape index (κ2) is 5.57. The minimum atomic E-state index is -0.694. The summed E-state index contributed by atoms with van der Waals surface area (Å²) in [6, 6.07) is 0.800. The molecular weight excluding hydrogens is 228 g/mol. The highest BCUT2D eigenvalue weighted by atomic mass is 16.4. The minimum Gasteiger partial charge on any atom is -0.481 e. The van der Waals surface area contributed by atoms with Crippen molar-refractivity contribution in [2.75, 3.05) is 26.2 Å². The van der Waals surface area contributed by atoms with Crippen molar-refractivity contribution in [1.29, 1.82) is 0 Å². The van der Waals surface area contributed by atoms with Crippen LogP contribution in [0.5, 0.6) is 0 Å². The van der Waals surface area contributed by atoms with Crippen molar-refractivity contribution in [3.05, 3.63) is 0 Å². The summed E-state index contributed by atoms with van der Waals surface area (Å²) in [4.78, 5) is 13.4. The first kappa shape index (κ1) is 13.8. The zero-order valence-corrected chi connectivity index (χ0v) is 11.6. The first-order valence-electron chi connectivity index (χ1n) is 7.16. The average molecular weight is 254 g/mol. The Balaban J connectivity index is 1.67. The Morgan fingerprint density at radius 1 is 1.28 bits per heavy atom. The summed E-state index contributed by atoms with van der Waals surface area (Å²) < 4.78 is 0. The van der Waals surface area contributed by atoms with Gasteiger partial charge in [-0.3, -0.25) is 4.79 Å². The predicted molar refractivity (Wildman–Crippen MR) is 71.6 cm³/mol. The Morgan fingerprint density at radius 3 is 2.39 bits per heavy atom. The molecule has 0 aromatic heterocycles. The number of hydrogen-bond acceptors (Lipinski definition) is 3. The SMILES string of the molecule is CC(C)(CN1CCC(CNC2CC2)CC1)C(=O)O. The number of piperidine rings is 1. The summed E-state index contributed by atoms with van der Waals surface area (Å²) in [5, 5.41) is 12.7. The fourth-order valence-electron chi connectivity index (χ4n) is 2.60. The second-order valence-electron chi connectivity index (χ2n) is 6.59. The summed E-state index contributed by atoms with van der Waals surface area (Å²) in [7, 11) is 0. The lowest BCUT2D eigenvalue weighted by Gasteiger charge is -2.35. The molecule has 104 valence electrons. The second-order valence-corrected chi connectivity index (χ2v) is 6.59. The van der Waals surface area contributed by atoms with E-state index in [1.807, 2.05) is 13.8 Å². The fourth-order valence-corrected chi connectivity index (χ4v) is 2.60. The molecular formula is C14H26N2O2. The van der Waals surface area contributed by atoms with Gasteiger partial charge in [-0.25, -0.2) is 0 Å². The maximum Gasteiger partial charge on any atom is 0.310 e. The van der Waals surface area contributed by atoms with Crippen LogP contribution in [0.2, 0.25) is 0 Å². The molecule has 0 spiro atoms. The van der Waals surface area contributed by atoms with Crippen molar-refractivity contribution in [2.45, 2.75) is 45.6 Å². The number of carboxylic acid groups (broad SMARTS) is 1. The lowest BCUT2D eigenvalue weighted by molar-refractivity contribution is -0.148. The minimum absolute atomic E-state index is 0.626. The maximum absolute atomic E-state index is 11.1. The highest BCUT2D eigenvalue weighted by molar-refractivity contribution is 5.73. The van der Waals surface area contributed by atoms with Crippen molar-refractivity contribution >= 4 is 5.97 Å². The molecule has 1 aliphatic carbocycles. The van der Waals surface area contributed by atoms with Gasteiger partial charge in [0.05, 0.1) is 5.41 Å². The van der Waals surface area contributed by atoms with Crippen molar-refractivity contribution in [2.24, 2.45) is 11.3 Å². The summed E-state index contributed by atoms with van der Waals surface area (Å²) >= 11 is 0. The van der Waals surface area contributed by atoms with Gasteiger partial charge in [0.1, 0.15) is 0 Å². The van der Waals surface area contributed by atoms with Crippen molar-refractivity contribution in [3.8, 4) is 0 Å². The molecule has 1 saturated carbocycles. The van der Waals surface area contributed by atoms with Crippen LogP contribution in [0.1, 0.15) is 39.5 Å². The highest BCUT2D eigenvalue weighted by Gasteiger charge is 2.31. The molecule has 1 aliphatic heterocycles. The third-order valence-electron chi connectivity index (χ3n) is 4.18. The van der Waals surface area contributed by atoms with E-state index in [2.05, 4.69) is 10.2 Å². The number of carbonyl (C=O) groups is 1. The van der Waals surface area contributed by atoms with Gasteiger partial charge < -0.3 is 15.3 Å². The molecule has 2 fully saturated rings. The smallest absolute Gasteiger partial charge is 0.310 e. The van der Waals surface area contributed by atoms with Gasteiger partial charge in [0.25, 0.3) is 0 Å². The van der Waals surface area contributed by atoms with Gasteiger partial charge in [0.15, 0.2) is 0 Å². The van der Waals surface area contributed by atoms with Crippen molar-refractivity contribution in [3.63, 3.8) is 0 Å².